The quantitative estimate of drug-likeness (QED) is 0.596. The summed E-state index contributed by atoms with van der Waals surface area (Å²) >= 11 is 0. The molecule has 9 heavy (non-hydrogen) atoms. The molecule has 0 fully saturated rings. The summed E-state index contributed by atoms with van der Waals surface area (Å²) in [5, 5.41) is 0. The molecular formula is C7H12N2. The lowest BCUT2D eigenvalue weighted by Gasteiger charge is -2.05. The highest BCUT2D eigenvalue weighted by molar-refractivity contribution is 5.09. The second-order valence-corrected chi connectivity index (χ2v) is 2.33. The number of aryl methyl sites for hydroxylation is 1. The Balaban J connectivity index is 2.94. The van der Waals surface area contributed by atoms with E-state index in [1.54, 1.807) is 0 Å². The van der Waals surface area contributed by atoms with Crippen LogP contribution in [0.2, 0.25) is 0 Å². The minimum Gasteiger partial charge on any atom is -0.353 e. The second kappa shape index (κ2) is 2.23. The smallest absolute Gasteiger partial charge is 0.0421 e. The van der Waals surface area contributed by atoms with E-state index in [0.29, 0.717) is 0 Å². The third kappa shape index (κ3) is 1.13. The van der Waals surface area contributed by atoms with Gasteiger partial charge in [-0.3, -0.25) is 0 Å². The van der Waals surface area contributed by atoms with Gasteiger partial charge in [-0.15, -0.1) is 0 Å². The Morgan fingerprint density at radius 2 is 2.33 bits per heavy atom. The molecule has 0 aliphatic heterocycles. The fourth-order valence-electron chi connectivity index (χ4n) is 0.947. The second-order valence-electron chi connectivity index (χ2n) is 2.33. The fraction of sp³-hybridized carbons (Fsp3) is 0.429. The highest BCUT2D eigenvalue weighted by Crippen LogP contribution is 2.07. The largest absolute Gasteiger partial charge is 0.353 e. The third-order valence-electron chi connectivity index (χ3n) is 1.45. The summed E-state index contributed by atoms with van der Waals surface area (Å²) in [6.07, 6.45) is 2.00. The maximum atomic E-state index is 5.64. The summed E-state index contributed by atoms with van der Waals surface area (Å²) < 4.78 is 2.03. The van der Waals surface area contributed by atoms with E-state index in [1.807, 2.05) is 36.9 Å². The summed E-state index contributed by atoms with van der Waals surface area (Å²) in [4.78, 5) is 0. The number of rotatable bonds is 1. The van der Waals surface area contributed by atoms with Gasteiger partial charge in [0.15, 0.2) is 0 Å². The molecule has 0 saturated carbocycles. The van der Waals surface area contributed by atoms with Gasteiger partial charge in [0.25, 0.3) is 0 Å². The van der Waals surface area contributed by atoms with Crippen LogP contribution in [-0.4, -0.2) is 4.57 Å². The van der Waals surface area contributed by atoms with E-state index in [9.17, 15) is 0 Å². The van der Waals surface area contributed by atoms with Gasteiger partial charge in [0.05, 0.1) is 0 Å². The van der Waals surface area contributed by atoms with Crippen LogP contribution in [0.3, 0.4) is 0 Å². The molecule has 0 amide bonds. The van der Waals surface area contributed by atoms with Gasteiger partial charge < -0.3 is 10.3 Å². The Kier molecular flexibility index (Phi) is 1.58. The number of hydrogen-bond acceptors (Lipinski definition) is 1. The highest BCUT2D eigenvalue weighted by Gasteiger charge is 1.99. The molecule has 1 rings (SSSR count). The van der Waals surface area contributed by atoms with Crippen LogP contribution < -0.4 is 5.73 Å². The predicted octanol–water partition coefficient (Wildman–Crippen LogP) is 1.04. The molecule has 2 N–H and O–H groups in total. The number of nitrogens with two attached hydrogens (primary N) is 1. The zero-order valence-electron chi connectivity index (χ0n) is 5.83. The first-order valence-corrected chi connectivity index (χ1v) is 3.08. The molecule has 0 aromatic carbocycles. The predicted molar refractivity (Wildman–Crippen MR) is 38.0 cm³/mol. The van der Waals surface area contributed by atoms with Gasteiger partial charge in [-0.2, -0.15) is 0 Å². The molecule has 0 radical (unpaired) electrons. The molecule has 1 aromatic heterocycles. The van der Waals surface area contributed by atoms with Crippen molar-refractivity contribution in [1.29, 1.82) is 0 Å². The van der Waals surface area contributed by atoms with E-state index in [2.05, 4.69) is 0 Å². The summed E-state index contributed by atoms with van der Waals surface area (Å²) in [5.41, 5.74) is 6.81. The SMILES string of the molecule is CC(N)c1cccn1C. The molecule has 1 atom stereocenters. The summed E-state index contributed by atoms with van der Waals surface area (Å²) in [7, 11) is 2.00. The summed E-state index contributed by atoms with van der Waals surface area (Å²) in [5.74, 6) is 0. The van der Waals surface area contributed by atoms with Crippen LogP contribution in [0.4, 0.5) is 0 Å². The molecule has 0 saturated heterocycles. The van der Waals surface area contributed by atoms with Crippen molar-refractivity contribution in [2.75, 3.05) is 0 Å². The topological polar surface area (TPSA) is 30.9 Å². The van der Waals surface area contributed by atoms with Crippen LogP contribution in [0, 0.1) is 0 Å². The molecule has 0 bridgehead atoms. The minimum absolute atomic E-state index is 0.144. The van der Waals surface area contributed by atoms with Crippen molar-refractivity contribution in [3.63, 3.8) is 0 Å². The fourth-order valence-corrected chi connectivity index (χ4v) is 0.947. The van der Waals surface area contributed by atoms with Gasteiger partial charge >= 0.3 is 0 Å². The molecular weight excluding hydrogens is 112 g/mol. The first kappa shape index (κ1) is 6.36. The van der Waals surface area contributed by atoms with Crippen LogP contribution in [-0.2, 0) is 7.05 Å². The molecule has 2 nitrogen and oxygen atoms in total. The first-order chi connectivity index (χ1) is 4.22. The Morgan fingerprint density at radius 1 is 1.67 bits per heavy atom. The first-order valence-electron chi connectivity index (χ1n) is 3.08. The maximum Gasteiger partial charge on any atom is 0.0421 e. The number of aromatic nitrogens is 1. The molecule has 0 aliphatic rings. The van der Waals surface area contributed by atoms with Crippen molar-refractivity contribution >= 4 is 0 Å². The van der Waals surface area contributed by atoms with Crippen molar-refractivity contribution in [1.82, 2.24) is 4.57 Å². The Bertz CT molecular complexity index is 189. The molecule has 1 heterocycles. The number of nitrogens with zero attached hydrogens (tertiary/aromatic N) is 1. The van der Waals surface area contributed by atoms with E-state index in [4.69, 9.17) is 5.73 Å². The van der Waals surface area contributed by atoms with Crippen LogP contribution in [0.25, 0.3) is 0 Å². The van der Waals surface area contributed by atoms with E-state index in [1.165, 1.54) is 5.69 Å². The molecule has 50 valence electrons. The lowest BCUT2D eigenvalue weighted by atomic mass is 10.2. The summed E-state index contributed by atoms with van der Waals surface area (Å²) in [6.45, 7) is 1.98. The van der Waals surface area contributed by atoms with Crippen LogP contribution in [0.1, 0.15) is 18.7 Å². The van der Waals surface area contributed by atoms with Gasteiger partial charge in [-0.05, 0) is 19.1 Å². The van der Waals surface area contributed by atoms with Crippen molar-refractivity contribution < 1.29 is 0 Å². The molecule has 1 unspecified atom stereocenters. The van der Waals surface area contributed by atoms with Gasteiger partial charge in [-0.25, -0.2) is 0 Å². The zero-order chi connectivity index (χ0) is 6.85. The Labute approximate surface area is 55.3 Å². The third-order valence-corrected chi connectivity index (χ3v) is 1.45. The minimum atomic E-state index is 0.144. The molecule has 1 aromatic rings. The average Bonchev–Trinajstić information content (AvgIpc) is 2.13. The monoisotopic (exact) mass is 124 g/mol. The van der Waals surface area contributed by atoms with Crippen molar-refractivity contribution in [3.05, 3.63) is 24.0 Å². The van der Waals surface area contributed by atoms with Crippen LogP contribution in [0.15, 0.2) is 18.3 Å². The van der Waals surface area contributed by atoms with Gasteiger partial charge in [0, 0.05) is 25.0 Å². The van der Waals surface area contributed by atoms with E-state index in [-0.39, 0.29) is 6.04 Å². The van der Waals surface area contributed by atoms with Crippen molar-refractivity contribution in [3.8, 4) is 0 Å². The van der Waals surface area contributed by atoms with E-state index >= 15 is 0 Å². The molecule has 0 aliphatic carbocycles. The Hall–Kier alpha value is -0.760. The van der Waals surface area contributed by atoms with E-state index < -0.39 is 0 Å². The maximum absolute atomic E-state index is 5.64. The van der Waals surface area contributed by atoms with E-state index in [0.717, 1.165) is 0 Å². The van der Waals surface area contributed by atoms with Crippen molar-refractivity contribution in [2.45, 2.75) is 13.0 Å². The number of hydrogen-bond donors (Lipinski definition) is 1. The Morgan fingerprint density at radius 3 is 2.56 bits per heavy atom. The van der Waals surface area contributed by atoms with Crippen LogP contribution >= 0.6 is 0 Å². The lowest BCUT2D eigenvalue weighted by Crippen LogP contribution is -2.08. The van der Waals surface area contributed by atoms with Gasteiger partial charge in [-0.1, -0.05) is 0 Å². The van der Waals surface area contributed by atoms with Gasteiger partial charge in [0.2, 0.25) is 0 Å². The average molecular weight is 124 g/mol. The van der Waals surface area contributed by atoms with Crippen LogP contribution in [0.5, 0.6) is 0 Å². The molecule has 2 heteroatoms. The molecule has 0 spiro atoms. The lowest BCUT2D eigenvalue weighted by molar-refractivity contribution is 0.715. The standard InChI is InChI=1S/C7H12N2/c1-6(8)7-4-3-5-9(7)2/h3-6H,8H2,1-2H3. The van der Waals surface area contributed by atoms with Crippen molar-refractivity contribution in [2.24, 2.45) is 12.8 Å². The normalized spacial score (nSPS) is 13.7. The summed E-state index contributed by atoms with van der Waals surface area (Å²) in [6, 6.07) is 4.17. The highest BCUT2D eigenvalue weighted by atomic mass is 14.9. The zero-order valence-corrected chi connectivity index (χ0v) is 5.83. The van der Waals surface area contributed by atoms with Gasteiger partial charge in [0.1, 0.15) is 0 Å².